The second-order valence-corrected chi connectivity index (χ2v) is 6.40. The molecule has 2 rings (SSSR count). The highest BCUT2D eigenvalue weighted by molar-refractivity contribution is 5.76. The highest BCUT2D eigenvalue weighted by atomic mass is 16.5. The van der Waals surface area contributed by atoms with E-state index >= 15 is 0 Å². The average molecular weight is 347 g/mol. The van der Waals surface area contributed by atoms with Crippen LogP contribution in [-0.4, -0.2) is 54.5 Å². The van der Waals surface area contributed by atoms with E-state index in [0.29, 0.717) is 32.8 Å². The van der Waals surface area contributed by atoms with Crippen LogP contribution in [0.1, 0.15) is 45.2 Å². The Bertz CT molecular complexity index is 591. The van der Waals surface area contributed by atoms with E-state index in [1.54, 1.807) is 16.7 Å². The first-order valence-electron chi connectivity index (χ1n) is 9.05. The van der Waals surface area contributed by atoms with Crippen LogP contribution < -0.4 is 10.1 Å². The molecule has 1 fully saturated rings. The predicted molar refractivity (Wildman–Crippen MR) is 97.6 cm³/mol. The van der Waals surface area contributed by atoms with E-state index in [-0.39, 0.29) is 18.0 Å². The topological polar surface area (TPSA) is 61.9 Å². The van der Waals surface area contributed by atoms with Crippen LogP contribution >= 0.6 is 0 Å². The molecule has 1 aromatic carbocycles. The molecular weight excluding hydrogens is 318 g/mol. The lowest BCUT2D eigenvalue weighted by molar-refractivity contribution is -0.128. The summed E-state index contributed by atoms with van der Waals surface area (Å²) in [5, 5.41) is 3.06. The quantitative estimate of drug-likeness (QED) is 0.891. The third-order valence-electron chi connectivity index (χ3n) is 4.42. The van der Waals surface area contributed by atoms with Crippen molar-refractivity contribution in [3.05, 3.63) is 29.8 Å². The summed E-state index contributed by atoms with van der Waals surface area (Å²) in [4.78, 5) is 27.7. The van der Waals surface area contributed by atoms with E-state index in [0.717, 1.165) is 24.2 Å². The maximum atomic E-state index is 12.6. The van der Waals surface area contributed by atoms with Gasteiger partial charge >= 0.3 is 6.03 Å². The van der Waals surface area contributed by atoms with E-state index in [9.17, 15) is 9.59 Å². The lowest BCUT2D eigenvalue weighted by Crippen LogP contribution is -2.43. The van der Waals surface area contributed by atoms with Crippen molar-refractivity contribution in [2.45, 2.75) is 39.7 Å². The molecule has 0 radical (unpaired) electrons. The molecule has 0 spiro atoms. The fourth-order valence-corrected chi connectivity index (χ4v) is 2.97. The SMILES string of the molecule is CCCOc1ccccc1[C@H](C)NC(=O)N1CCCN(C(C)=O)CC1. The van der Waals surface area contributed by atoms with Gasteiger partial charge in [-0.15, -0.1) is 0 Å². The molecule has 0 saturated carbocycles. The van der Waals surface area contributed by atoms with Crippen LogP contribution in [0.3, 0.4) is 0 Å². The number of rotatable bonds is 5. The molecule has 0 unspecified atom stereocenters. The van der Waals surface area contributed by atoms with Crippen LogP contribution in [0.25, 0.3) is 0 Å². The zero-order valence-electron chi connectivity index (χ0n) is 15.5. The van der Waals surface area contributed by atoms with Gasteiger partial charge in [0.2, 0.25) is 5.91 Å². The molecule has 1 atom stereocenters. The van der Waals surface area contributed by atoms with Crippen molar-refractivity contribution < 1.29 is 14.3 Å². The Kier molecular flexibility index (Phi) is 7.10. The summed E-state index contributed by atoms with van der Waals surface area (Å²) in [6, 6.07) is 7.57. The fraction of sp³-hybridized carbons (Fsp3) is 0.579. The van der Waals surface area contributed by atoms with Crippen LogP contribution in [0, 0.1) is 0 Å². The first-order chi connectivity index (χ1) is 12.0. The van der Waals surface area contributed by atoms with E-state index in [4.69, 9.17) is 4.74 Å². The lowest BCUT2D eigenvalue weighted by atomic mass is 10.1. The normalized spacial score (nSPS) is 16.1. The number of amides is 3. The number of ether oxygens (including phenoxy) is 1. The number of para-hydroxylation sites is 1. The monoisotopic (exact) mass is 347 g/mol. The Hall–Kier alpha value is -2.24. The molecule has 1 heterocycles. The maximum absolute atomic E-state index is 12.6. The Labute approximate surface area is 150 Å². The second kappa shape index (κ2) is 9.30. The van der Waals surface area contributed by atoms with Crippen molar-refractivity contribution in [3.8, 4) is 5.75 Å². The Balaban J connectivity index is 1.97. The predicted octanol–water partition coefficient (Wildman–Crippen LogP) is 2.80. The third-order valence-corrected chi connectivity index (χ3v) is 4.42. The minimum absolute atomic E-state index is 0.0672. The highest BCUT2D eigenvalue weighted by Crippen LogP contribution is 2.25. The number of hydrogen-bond donors (Lipinski definition) is 1. The molecule has 1 N–H and O–H groups in total. The molecule has 3 amide bonds. The van der Waals surface area contributed by atoms with Gasteiger partial charge in [0.05, 0.1) is 12.6 Å². The number of carbonyl (C=O) groups is 2. The Morgan fingerprint density at radius 2 is 1.84 bits per heavy atom. The smallest absolute Gasteiger partial charge is 0.317 e. The second-order valence-electron chi connectivity index (χ2n) is 6.40. The van der Waals surface area contributed by atoms with E-state index in [1.807, 2.05) is 31.2 Å². The van der Waals surface area contributed by atoms with Gasteiger partial charge in [0.1, 0.15) is 5.75 Å². The summed E-state index contributed by atoms with van der Waals surface area (Å²) in [6.45, 7) is 8.79. The van der Waals surface area contributed by atoms with E-state index < -0.39 is 0 Å². The lowest BCUT2D eigenvalue weighted by Gasteiger charge is -2.25. The third kappa shape index (κ3) is 5.37. The van der Waals surface area contributed by atoms with Crippen LogP contribution in [-0.2, 0) is 4.79 Å². The number of urea groups is 1. The summed E-state index contributed by atoms with van der Waals surface area (Å²) >= 11 is 0. The average Bonchev–Trinajstić information content (AvgIpc) is 2.86. The first kappa shape index (κ1) is 19.1. The van der Waals surface area contributed by atoms with Crippen LogP contribution in [0.15, 0.2) is 24.3 Å². The Morgan fingerprint density at radius 1 is 1.16 bits per heavy atom. The van der Waals surface area contributed by atoms with Crippen molar-refractivity contribution in [3.63, 3.8) is 0 Å². The van der Waals surface area contributed by atoms with Gasteiger partial charge < -0.3 is 19.9 Å². The molecule has 0 aromatic heterocycles. The van der Waals surface area contributed by atoms with Crippen molar-refractivity contribution >= 4 is 11.9 Å². The zero-order valence-corrected chi connectivity index (χ0v) is 15.5. The molecule has 138 valence electrons. The Morgan fingerprint density at radius 3 is 2.56 bits per heavy atom. The first-order valence-corrected chi connectivity index (χ1v) is 9.05. The molecule has 1 aliphatic heterocycles. The van der Waals surface area contributed by atoms with E-state index in [2.05, 4.69) is 12.2 Å². The van der Waals surface area contributed by atoms with Gasteiger partial charge in [0.25, 0.3) is 0 Å². The number of carbonyl (C=O) groups excluding carboxylic acids is 2. The van der Waals surface area contributed by atoms with Crippen LogP contribution in [0.5, 0.6) is 5.75 Å². The number of hydrogen-bond acceptors (Lipinski definition) is 3. The summed E-state index contributed by atoms with van der Waals surface area (Å²) in [6.07, 6.45) is 1.74. The van der Waals surface area contributed by atoms with Gasteiger partial charge in [-0.25, -0.2) is 4.79 Å². The summed E-state index contributed by atoms with van der Waals surface area (Å²) in [5.74, 6) is 0.883. The minimum Gasteiger partial charge on any atom is -0.493 e. The van der Waals surface area contributed by atoms with Crippen molar-refractivity contribution in [2.75, 3.05) is 32.8 Å². The zero-order chi connectivity index (χ0) is 18.2. The van der Waals surface area contributed by atoms with Gasteiger partial charge in [-0.1, -0.05) is 25.1 Å². The molecule has 1 aromatic rings. The maximum Gasteiger partial charge on any atom is 0.317 e. The molecule has 0 bridgehead atoms. The summed E-state index contributed by atoms with van der Waals surface area (Å²) < 4.78 is 5.79. The molecule has 25 heavy (non-hydrogen) atoms. The number of nitrogens with zero attached hydrogens (tertiary/aromatic N) is 2. The van der Waals surface area contributed by atoms with E-state index in [1.165, 1.54) is 0 Å². The van der Waals surface area contributed by atoms with Crippen LogP contribution in [0.4, 0.5) is 4.79 Å². The van der Waals surface area contributed by atoms with Gasteiger partial charge in [-0.2, -0.15) is 0 Å². The van der Waals surface area contributed by atoms with Gasteiger partial charge in [-0.05, 0) is 25.8 Å². The van der Waals surface area contributed by atoms with Gasteiger partial charge in [0.15, 0.2) is 0 Å². The molecule has 0 aliphatic carbocycles. The van der Waals surface area contributed by atoms with Crippen molar-refractivity contribution in [1.29, 1.82) is 0 Å². The molecule has 1 saturated heterocycles. The largest absolute Gasteiger partial charge is 0.493 e. The van der Waals surface area contributed by atoms with Crippen molar-refractivity contribution in [2.24, 2.45) is 0 Å². The standard InChI is InChI=1S/C19H29N3O3/c1-4-14-25-18-9-6-5-8-17(18)15(2)20-19(24)22-11-7-10-21(12-13-22)16(3)23/h5-6,8-9,15H,4,7,10-14H2,1-3H3,(H,20,24)/t15-/m0/s1. The summed E-state index contributed by atoms with van der Waals surface area (Å²) in [7, 11) is 0. The highest BCUT2D eigenvalue weighted by Gasteiger charge is 2.22. The van der Waals surface area contributed by atoms with Gasteiger partial charge in [-0.3, -0.25) is 4.79 Å². The fourth-order valence-electron chi connectivity index (χ4n) is 2.97. The molecule has 6 heteroatoms. The molecule has 1 aliphatic rings. The van der Waals surface area contributed by atoms with Crippen molar-refractivity contribution in [1.82, 2.24) is 15.1 Å². The molecule has 6 nitrogen and oxygen atoms in total. The molecular formula is C19H29N3O3. The van der Waals surface area contributed by atoms with Crippen LogP contribution in [0.2, 0.25) is 0 Å². The summed E-state index contributed by atoms with van der Waals surface area (Å²) in [5.41, 5.74) is 0.976. The minimum atomic E-state index is -0.146. The number of nitrogens with one attached hydrogen (secondary N) is 1. The van der Waals surface area contributed by atoms with Gasteiger partial charge in [0, 0.05) is 38.7 Å². The number of benzene rings is 1.